The van der Waals surface area contributed by atoms with E-state index < -0.39 is 0 Å². The van der Waals surface area contributed by atoms with Crippen molar-refractivity contribution >= 4 is 11.9 Å². The smallest absolute Gasteiger partial charge is 0.160 e. The largest absolute Gasteiger partial charge is 0.516 e. The van der Waals surface area contributed by atoms with Crippen LogP contribution in [-0.2, 0) is 13.0 Å². The highest BCUT2D eigenvalue weighted by molar-refractivity contribution is 5.95. The van der Waals surface area contributed by atoms with E-state index in [1.807, 2.05) is 49.4 Å². The highest BCUT2D eigenvalue weighted by Crippen LogP contribution is 2.20. The first kappa shape index (κ1) is 15.8. The summed E-state index contributed by atoms with van der Waals surface area (Å²) in [5.74, 6) is 0.845. The molecule has 3 nitrogen and oxygen atoms in total. The van der Waals surface area contributed by atoms with Crippen LogP contribution in [0.15, 0.2) is 48.7 Å². The maximum atomic E-state index is 11.5. The quantitative estimate of drug-likeness (QED) is 0.628. The van der Waals surface area contributed by atoms with E-state index in [0.717, 1.165) is 40.7 Å². The maximum absolute atomic E-state index is 11.5. The molecule has 0 amide bonds. The number of aliphatic hydroxyl groups is 1. The first-order chi connectivity index (χ1) is 10.6. The summed E-state index contributed by atoms with van der Waals surface area (Å²) < 4.78 is 5.79. The number of ether oxygens (including phenoxy) is 1. The zero-order valence-electron chi connectivity index (χ0n) is 12.9. The van der Waals surface area contributed by atoms with Crippen molar-refractivity contribution in [2.45, 2.75) is 26.9 Å². The van der Waals surface area contributed by atoms with Gasteiger partial charge < -0.3 is 9.84 Å². The highest BCUT2D eigenvalue weighted by atomic mass is 16.5. The average molecular weight is 296 g/mol. The number of Topliss-reactive ketones (excluding diaryl/α,β-unsaturated/α-hetero) is 1. The number of rotatable bonds is 6. The van der Waals surface area contributed by atoms with Gasteiger partial charge in [-0.25, -0.2) is 0 Å². The lowest BCUT2D eigenvalue weighted by Crippen LogP contribution is -2.01. The predicted molar refractivity (Wildman–Crippen MR) is 88.3 cm³/mol. The topological polar surface area (TPSA) is 46.5 Å². The summed E-state index contributed by atoms with van der Waals surface area (Å²) in [5, 5.41) is 8.72. The monoisotopic (exact) mass is 296 g/mol. The van der Waals surface area contributed by atoms with Crippen LogP contribution in [0.1, 0.15) is 40.9 Å². The molecule has 1 N–H and O–H groups in total. The molecule has 0 atom stereocenters. The van der Waals surface area contributed by atoms with Crippen molar-refractivity contribution in [1.29, 1.82) is 0 Å². The van der Waals surface area contributed by atoms with E-state index in [-0.39, 0.29) is 5.78 Å². The molecule has 0 unspecified atom stereocenters. The highest BCUT2D eigenvalue weighted by Gasteiger charge is 2.07. The van der Waals surface area contributed by atoms with Crippen LogP contribution >= 0.6 is 0 Å². The summed E-state index contributed by atoms with van der Waals surface area (Å²) in [6.07, 6.45) is 3.45. The van der Waals surface area contributed by atoms with Crippen molar-refractivity contribution in [3.8, 4) is 5.75 Å². The maximum Gasteiger partial charge on any atom is 0.160 e. The molecule has 2 aromatic carbocycles. The van der Waals surface area contributed by atoms with Gasteiger partial charge in [-0.1, -0.05) is 31.2 Å². The summed E-state index contributed by atoms with van der Waals surface area (Å²) in [6, 6.07) is 13.3. The van der Waals surface area contributed by atoms with Crippen LogP contribution < -0.4 is 4.74 Å². The molecule has 0 spiro atoms. The molecule has 0 bridgehead atoms. The third-order valence-corrected chi connectivity index (χ3v) is 3.49. The van der Waals surface area contributed by atoms with Gasteiger partial charge in [0.15, 0.2) is 5.78 Å². The second-order valence-electron chi connectivity index (χ2n) is 5.07. The third-order valence-electron chi connectivity index (χ3n) is 3.49. The Kier molecular flexibility index (Phi) is 5.37. The van der Waals surface area contributed by atoms with Crippen LogP contribution in [0.4, 0.5) is 0 Å². The van der Waals surface area contributed by atoms with Gasteiger partial charge in [-0.2, -0.15) is 0 Å². The molecule has 0 aliphatic carbocycles. The van der Waals surface area contributed by atoms with Crippen molar-refractivity contribution in [3.63, 3.8) is 0 Å². The lowest BCUT2D eigenvalue weighted by Gasteiger charge is -2.10. The van der Waals surface area contributed by atoms with Crippen LogP contribution in [0.2, 0.25) is 0 Å². The molecule has 0 aromatic heterocycles. The van der Waals surface area contributed by atoms with Gasteiger partial charge in [0.05, 0.1) is 6.26 Å². The number of ketones is 1. The van der Waals surface area contributed by atoms with E-state index in [9.17, 15) is 4.79 Å². The minimum Gasteiger partial charge on any atom is -0.516 e. The fourth-order valence-electron chi connectivity index (χ4n) is 2.27. The first-order valence-electron chi connectivity index (χ1n) is 7.30. The molecule has 3 heteroatoms. The van der Waals surface area contributed by atoms with E-state index in [4.69, 9.17) is 9.84 Å². The second-order valence-corrected chi connectivity index (χ2v) is 5.07. The zero-order valence-corrected chi connectivity index (χ0v) is 12.9. The molecular formula is C19H20O3. The number of hydrogen-bond acceptors (Lipinski definition) is 3. The van der Waals surface area contributed by atoms with Crippen LogP contribution in [0.5, 0.6) is 5.75 Å². The Bertz CT molecular complexity index is 670. The van der Waals surface area contributed by atoms with Crippen molar-refractivity contribution in [2.24, 2.45) is 0 Å². The Labute approximate surface area is 130 Å². The van der Waals surface area contributed by atoms with Crippen molar-refractivity contribution in [2.75, 3.05) is 0 Å². The van der Waals surface area contributed by atoms with Crippen LogP contribution in [-0.4, -0.2) is 10.9 Å². The van der Waals surface area contributed by atoms with E-state index in [2.05, 4.69) is 0 Å². The van der Waals surface area contributed by atoms with Crippen molar-refractivity contribution < 1.29 is 14.6 Å². The Hall–Kier alpha value is -2.55. The normalized spacial score (nSPS) is 10.8. The molecular weight excluding hydrogens is 276 g/mol. The summed E-state index contributed by atoms with van der Waals surface area (Å²) >= 11 is 0. The Morgan fingerprint density at radius 2 is 1.91 bits per heavy atom. The molecule has 0 heterocycles. The van der Waals surface area contributed by atoms with E-state index in [0.29, 0.717) is 6.61 Å². The van der Waals surface area contributed by atoms with Crippen LogP contribution in [0, 0.1) is 0 Å². The molecule has 2 aromatic rings. The minimum atomic E-state index is 0.0796. The molecule has 22 heavy (non-hydrogen) atoms. The van der Waals surface area contributed by atoms with Gasteiger partial charge in [0.2, 0.25) is 0 Å². The summed E-state index contributed by atoms with van der Waals surface area (Å²) in [5.41, 5.74) is 3.75. The van der Waals surface area contributed by atoms with Gasteiger partial charge in [0, 0.05) is 5.56 Å². The van der Waals surface area contributed by atoms with Gasteiger partial charge in [0.25, 0.3) is 0 Å². The number of aryl methyl sites for hydroxylation is 1. The lowest BCUT2D eigenvalue weighted by atomic mass is 10.0. The summed E-state index contributed by atoms with van der Waals surface area (Å²) in [7, 11) is 0. The van der Waals surface area contributed by atoms with Crippen LogP contribution in [0.25, 0.3) is 6.08 Å². The van der Waals surface area contributed by atoms with Gasteiger partial charge in [0.1, 0.15) is 12.4 Å². The Morgan fingerprint density at radius 1 is 1.18 bits per heavy atom. The number of hydrogen-bond donors (Lipinski definition) is 1. The van der Waals surface area contributed by atoms with Crippen molar-refractivity contribution in [1.82, 2.24) is 0 Å². The fourth-order valence-corrected chi connectivity index (χ4v) is 2.27. The number of aliphatic hydroxyl groups excluding tert-OH is 1. The number of benzene rings is 2. The Morgan fingerprint density at radius 3 is 2.50 bits per heavy atom. The SMILES string of the molecule is CCc1cc(OCc2ccc(/C=C/O)cc2)ccc1C(C)=O. The second kappa shape index (κ2) is 7.46. The summed E-state index contributed by atoms with van der Waals surface area (Å²) in [4.78, 5) is 11.5. The fraction of sp³-hybridized carbons (Fsp3) is 0.211. The molecule has 2 rings (SSSR count). The average Bonchev–Trinajstić information content (AvgIpc) is 2.54. The lowest BCUT2D eigenvalue weighted by molar-refractivity contribution is 0.101. The zero-order chi connectivity index (χ0) is 15.9. The van der Waals surface area contributed by atoms with Gasteiger partial charge >= 0.3 is 0 Å². The molecule has 0 fully saturated rings. The molecule has 0 aliphatic heterocycles. The molecule has 0 saturated heterocycles. The van der Waals surface area contributed by atoms with E-state index in [1.165, 1.54) is 0 Å². The molecule has 0 aliphatic rings. The molecule has 0 saturated carbocycles. The van der Waals surface area contributed by atoms with E-state index >= 15 is 0 Å². The van der Waals surface area contributed by atoms with Gasteiger partial charge in [-0.05, 0) is 54.3 Å². The van der Waals surface area contributed by atoms with Crippen LogP contribution in [0.3, 0.4) is 0 Å². The summed E-state index contributed by atoms with van der Waals surface area (Å²) in [6.45, 7) is 4.07. The number of carbonyl (C=O) groups is 1. The molecule has 114 valence electrons. The van der Waals surface area contributed by atoms with Crippen molar-refractivity contribution in [3.05, 3.63) is 71.0 Å². The number of carbonyl (C=O) groups excluding carboxylic acids is 1. The Balaban J connectivity index is 2.06. The molecule has 0 radical (unpaired) electrons. The third kappa shape index (κ3) is 3.98. The standard InChI is InChI=1S/C19H20O3/c1-3-17-12-18(8-9-19(17)14(2)21)22-13-16-6-4-15(5-7-16)10-11-20/h4-12,20H,3,13H2,1-2H3/b11-10+. The first-order valence-corrected chi connectivity index (χ1v) is 7.30. The predicted octanol–water partition coefficient (Wildman–Crippen LogP) is 4.56. The van der Waals surface area contributed by atoms with Gasteiger partial charge in [-0.15, -0.1) is 0 Å². The minimum absolute atomic E-state index is 0.0796. The van der Waals surface area contributed by atoms with Gasteiger partial charge in [-0.3, -0.25) is 4.79 Å². The van der Waals surface area contributed by atoms with E-state index in [1.54, 1.807) is 13.0 Å².